The average Bonchev–Trinajstić information content (AvgIpc) is 3.11. The van der Waals surface area contributed by atoms with Gasteiger partial charge in [0, 0.05) is 12.7 Å². The number of benzene rings is 2. The van der Waals surface area contributed by atoms with Crippen LogP contribution in [0, 0.1) is 20.8 Å². The molecule has 1 heterocycles. The van der Waals surface area contributed by atoms with Crippen molar-refractivity contribution in [3.8, 4) is 5.75 Å². The molecule has 1 N–H and O–H groups in total. The summed E-state index contributed by atoms with van der Waals surface area (Å²) < 4.78 is 37.2. The van der Waals surface area contributed by atoms with Gasteiger partial charge in [0.2, 0.25) is 5.78 Å². The maximum atomic E-state index is 12.8. The molecule has 0 fully saturated rings. The number of H-pyrrole nitrogens is 1. The summed E-state index contributed by atoms with van der Waals surface area (Å²) >= 11 is 0. The van der Waals surface area contributed by atoms with Gasteiger partial charge in [0.1, 0.15) is 5.75 Å². The lowest BCUT2D eigenvalue weighted by atomic mass is 10.1. The third-order valence-electron chi connectivity index (χ3n) is 5.36. The summed E-state index contributed by atoms with van der Waals surface area (Å²) in [5.41, 5.74) is 3.10. The number of esters is 1. The number of methoxy groups -OCH3 is 1. The first-order chi connectivity index (χ1) is 15.6. The molecule has 0 spiro atoms. The van der Waals surface area contributed by atoms with Gasteiger partial charge in [0.25, 0.3) is 10.0 Å². The molecular weight excluding hydrogens is 444 g/mol. The van der Waals surface area contributed by atoms with Crippen LogP contribution < -0.4 is 9.04 Å². The Kier molecular flexibility index (Phi) is 6.92. The van der Waals surface area contributed by atoms with Gasteiger partial charge in [-0.3, -0.25) is 9.10 Å². The first kappa shape index (κ1) is 24.1. The summed E-state index contributed by atoms with van der Waals surface area (Å²) in [5.74, 6) is -0.433. The molecule has 0 aliphatic heterocycles. The fourth-order valence-electron chi connectivity index (χ4n) is 3.42. The van der Waals surface area contributed by atoms with Gasteiger partial charge < -0.3 is 14.5 Å². The molecule has 0 unspecified atom stereocenters. The quantitative estimate of drug-likeness (QED) is 0.396. The van der Waals surface area contributed by atoms with Gasteiger partial charge in [-0.25, -0.2) is 13.2 Å². The van der Waals surface area contributed by atoms with E-state index >= 15 is 0 Å². The van der Waals surface area contributed by atoms with Crippen LogP contribution in [0.15, 0.2) is 53.4 Å². The lowest BCUT2D eigenvalue weighted by Crippen LogP contribution is -2.26. The van der Waals surface area contributed by atoms with Crippen LogP contribution in [0.4, 0.5) is 5.69 Å². The smallest absolute Gasteiger partial charge is 0.339 e. The highest BCUT2D eigenvalue weighted by Crippen LogP contribution is 2.25. The van der Waals surface area contributed by atoms with E-state index in [1.165, 1.54) is 18.5 Å². The number of sulfonamides is 1. The number of ether oxygens (including phenoxy) is 2. The third-order valence-corrected chi connectivity index (χ3v) is 7.16. The van der Waals surface area contributed by atoms with Crippen molar-refractivity contribution < 1.29 is 27.5 Å². The van der Waals surface area contributed by atoms with E-state index < -0.39 is 16.0 Å². The summed E-state index contributed by atoms with van der Waals surface area (Å²) in [5, 5.41) is 0. The fraction of sp³-hybridized carbons (Fsp3) is 0.250. The average molecular weight is 471 g/mol. The van der Waals surface area contributed by atoms with Crippen LogP contribution >= 0.6 is 0 Å². The Hall–Kier alpha value is -3.59. The van der Waals surface area contributed by atoms with E-state index in [1.54, 1.807) is 62.4 Å². The molecule has 3 aromatic rings. The van der Waals surface area contributed by atoms with E-state index in [2.05, 4.69) is 4.98 Å². The molecular formula is C24H26N2O6S. The minimum atomic E-state index is -3.70. The number of carbonyl (C=O) groups excluding carboxylic acids is 2. The summed E-state index contributed by atoms with van der Waals surface area (Å²) in [7, 11) is -0.943. The molecule has 1 aromatic heterocycles. The van der Waals surface area contributed by atoms with Crippen molar-refractivity contribution in [1.29, 1.82) is 0 Å². The molecule has 8 nitrogen and oxygen atoms in total. The number of aromatic amines is 1. The summed E-state index contributed by atoms with van der Waals surface area (Å²) in [6.45, 7) is 5.00. The van der Waals surface area contributed by atoms with Gasteiger partial charge in [0.05, 0.1) is 29.0 Å². The summed E-state index contributed by atoms with van der Waals surface area (Å²) in [6.07, 6.45) is 0. The lowest BCUT2D eigenvalue weighted by molar-refractivity contribution is 0.0599. The zero-order valence-electron chi connectivity index (χ0n) is 19.1. The van der Waals surface area contributed by atoms with Gasteiger partial charge >= 0.3 is 5.97 Å². The molecule has 0 saturated heterocycles. The van der Waals surface area contributed by atoms with Crippen LogP contribution in [0.3, 0.4) is 0 Å². The molecule has 0 atom stereocenters. The number of rotatable bonds is 8. The highest BCUT2D eigenvalue weighted by Gasteiger charge is 2.23. The van der Waals surface area contributed by atoms with E-state index in [1.807, 2.05) is 6.92 Å². The van der Waals surface area contributed by atoms with Gasteiger partial charge in [-0.2, -0.15) is 0 Å². The number of aryl methyl sites for hydroxylation is 2. The van der Waals surface area contributed by atoms with Gasteiger partial charge in [0.15, 0.2) is 6.61 Å². The minimum absolute atomic E-state index is 0.199. The Morgan fingerprint density at radius 1 is 0.970 bits per heavy atom. The first-order valence-electron chi connectivity index (χ1n) is 10.2. The third kappa shape index (κ3) is 4.93. The number of nitrogens with one attached hydrogen (secondary N) is 1. The lowest BCUT2D eigenvalue weighted by Gasteiger charge is -2.20. The maximum absolute atomic E-state index is 12.8. The van der Waals surface area contributed by atoms with Crippen LogP contribution in [0.2, 0.25) is 0 Å². The van der Waals surface area contributed by atoms with Crippen LogP contribution in [-0.4, -0.2) is 45.9 Å². The van der Waals surface area contributed by atoms with Crippen LogP contribution in [0.5, 0.6) is 5.75 Å². The SMILES string of the molecule is COC(=O)c1c(C)[nH]c(C(=O)COc2ccc(N(C)S(=O)(=O)c3ccc(C)cc3)cc2)c1C. The van der Waals surface area contributed by atoms with Crippen LogP contribution in [0.1, 0.15) is 37.7 Å². The van der Waals surface area contributed by atoms with Gasteiger partial charge in [-0.1, -0.05) is 17.7 Å². The first-order valence-corrected chi connectivity index (χ1v) is 11.6. The largest absolute Gasteiger partial charge is 0.485 e. The molecule has 0 saturated carbocycles. The van der Waals surface area contributed by atoms with E-state index in [0.717, 1.165) is 5.56 Å². The highest BCUT2D eigenvalue weighted by atomic mass is 32.2. The molecule has 3 rings (SSSR count). The van der Waals surface area contributed by atoms with Crippen molar-refractivity contribution in [3.05, 3.63) is 76.6 Å². The molecule has 0 radical (unpaired) electrons. The summed E-state index contributed by atoms with van der Waals surface area (Å²) in [6, 6.07) is 13.0. The Balaban J connectivity index is 1.69. The Labute approximate surface area is 193 Å². The zero-order chi connectivity index (χ0) is 24.3. The van der Waals surface area contributed by atoms with Crippen molar-refractivity contribution in [2.75, 3.05) is 25.1 Å². The number of carbonyl (C=O) groups is 2. The predicted molar refractivity (Wildman–Crippen MR) is 125 cm³/mol. The minimum Gasteiger partial charge on any atom is -0.485 e. The second-order valence-corrected chi connectivity index (χ2v) is 9.58. The normalized spacial score (nSPS) is 11.2. The summed E-state index contributed by atoms with van der Waals surface area (Å²) in [4.78, 5) is 27.6. The molecule has 174 valence electrons. The number of hydrogen-bond donors (Lipinski definition) is 1. The Morgan fingerprint density at radius 3 is 2.15 bits per heavy atom. The molecule has 0 bridgehead atoms. The van der Waals surface area contributed by atoms with Gasteiger partial charge in [-0.05, 0) is 62.7 Å². The maximum Gasteiger partial charge on any atom is 0.339 e. The second-order valence-electron chi connectivity index (χ2n) is 7.61. The number of nitrogens with zero attached hydrogens (tertiary/aromatic N) is 1. The number of anilines is 1. The van der Waals surface area contributed by atoms with E-state index in [9.17, 15) is 18.0 Å². The Morgan fingerprint density at radius 2 is 1.58 bits per heavy atom. The van der Waals surface area contributed by atoms with Crippen molar-refractivity contribution >= 4 is 27.5 Å². The molecule has 9 heteroatoms. The van der Waals surface area contributed by atoms with Gasteiger partial charge in [-0.15, -0.1) is 0 Å². The van der Waals surface area contributed by atoms with Crippen molar-refractivity contribution in [2.24, 2.45) is 0 Å². The standard InChI is InChI=1S/C24H26N2O6S/c1-15-6-12-20(13-7-15)33(29,30)26(4)18-8-10-19(11-9-18)32-14-21(27)23-16(2)22(17(3)25-23)24(28)31-5/h6-13,25H,14H2,1-5H3. The Bertz CT molecular complexity index is 1280. The van der Waals surface area contributed by atoms with E-state index in [4.69, 9.17) is 9.47 Å². The van der Waals surface area contributed by atoms with Crippen molar-refractivity contribution in [1.82, 2.24) is 4.98 Å². The van der Waals surface area contributed by atoms with Crippen molar-refractivity contribution in [3.63, 3.8) is 0 Å². The molecule has 0 aliphatic rings. The number of hydrogen-bond acceptors (Lipinski definition) is 6. The monoisotopic (exact) mass is 470 g/mol. The number of aromatic nitrogens is 1. The van der Waals surface area contributed by atoms with Crippen molar-refractivity contribution in [2.45, 2.75) is 25.7 Å². The van der Waals surface area contributed by atoms with E-state index in [-0.39, 0.29) is 23.0 Å². The fourth-order valence-corrected chi connectivity index (χ4v) is 4.61. The van der Waals surface area contributed by atoms with E-state index in [0.29, 0.717) is 28.3 Å². The zero-order valence-corrected chi connectivity index (χ0v) is 19.9. The van der Waals surface area contributed by atoms with Crippen LogP contribution in [0.25, 0.3) is 0 Å². The topological polar surface area (TPSA) is 106 Å². The predicted octanol–water partition coefficient (Wildman–Crippen LogP) is 3.81. The highest BCUT2D eigenvalue weighted by molar-refractivity contribution is 7.92. The number of Topliss-reactive ketones (excluding diaryl/α,β-unsaturated/α-hetero) is 1. The number of ketones is 1. The molecule has 0 aliphatic carbocycles. The van der Waals surface area contributed by atoms with Crippen LogP contribution in [-0.2, 0) is 14.8 Å². The molecule has 33 heavy (non-hydrogen) atoms. The second kappa shape index (κ2) is 9.50. The molecule has 0 amide bonds. The molecule has 2 aromatic carbocycles.